The van der Waals surface area contributed by atoms with E-state index >= 15 is 0 Å². The lowest BCUT2D eigenvalue weighted by Crippen LogP contribution is -2.43. The molecule has 0 bridgehead atoms. The van der Waals surface area contributed by atoms with Crippen molar-refractivity contribution in [2.24, 2.45) is 11.0 Å². The summed E-state index contributed by atoms with van der Waals surface area (Å²) in [6.07, 6.45) is 9.82. The second-order valence-electron chi connectivity index (χ2n) is 9.59. The SMILES string of the molecule is CCCN(C(C)C)C1CCC(CN/N=C(/c2ccc(C)cc2)C(C)c2ccncn2)CC1. The average molecular weight is 436 g/mol. The van der Waals surface area contributed by atoms with Gasteiger partial charge in [-0.25, -0.2) is 9.97 Å². The van der Waals surface area contributed by atoms with E-state index in [4.69, 9.17) is 5.10 Å². The van der Waals surface area contributed by atoms with Gasteiger partial charge in [0.15, 0.2) is 0 Å². The van der Waals surface area contributed by atoms with Crippen molar-refractivity contribution >= 4 is 5.71 Å². The molecule has 32 heavy (non-hydrogen) atoms. The van der Waals surface area contributed by atoms with Gasteiger partial charge >= 0.3 is 0 Å². The van der Waals surface area contributed by atoms with Gasteiger partial charge in [-0.2, -0.15) is 5.10 Å². The monoisotopic (exact) mass is 435 g/mol. The summed E-state index contributed by atoms with van der Waals surface area (Å²) in [6.45, 7) is 13.4. The Labute approximate surface area is 194 Å². The number of hydrogen-bond donors (Lipinski definition) is 1. The number of aryl methyl sites for hydroxylation is 1. The molecule has 1 unspecified atom stereocenters. The van der Waals surface area contributed by atoms with Gasteiger partial charge in [0.1, 0.15) is 6.33 Å². The Bertz CT molecular complexity index is 823. The molecule has 0 amide bonds. The van der Waals surface area contributed by atoms with E-state index in [9.17, 15) is 0 Å². The van der Waals surface area contributed by atoms with E-state index in [0.29, 0.717) is 12.0 Å². The summed E-state index contributed by atoms with van der Waals surface area (Å²) in [6, 6.07) is 12.0. The number of hydrazone groups is 1. The molecule has 0 spiro atoms. The molecule has 0 radical (unpaired) electrons. The summed E-state index contributed by atoms with van der Waals surface area (Å²) in [5.41, 5.74) is 7.87. The van der Waals surface area contributed by atoms with Crippen molar-refractivity contribution < 1.29 is 0 Å². The molecule has 5 heteroatoms. The van der Waals surface area contributed by atoms with E-state index in [1.807, 2.05) is 6.07 Å². The summed E-state index contributed by atoms with van der Waals surface area (Å²) >= 11 is 0. The average Bonchev–Trinajstić information content (AvgIpc) is 2.81. The third-order valence-electron chi connectivity index (χ3n) is 6.82. The number of aromatic nitrogens is 2. The van der Waals surface area contributed by atoms with Crippen molar-refractivity contribution in [2.75, 3.05) is 13.1 Å². The van der Waals surface area contributed by atoms with Crippen LogP contribution < -0.4 is 5.43 Å². The third kappa shape index (κ3) is 6.61. The van der Waals surface area contributed by atoms with Gasteiger partial charge < -0.3 is 5.43 Å². The first kappa shape index (κ1) is 24.4. The van der Waals surface area contributed by atoms with Crippen LogP contribution in [0.3, 0.4) is 0 Å². The topological polar surface area (TPSA) is 53.4 Å². The van der Waals surface area contributed by atoms with Gasteiger partial charge in [0.2, 0.25) is 0 Å². The minimum atomic E-state index is 0.0950. The molecular weight excluding hydrogens is 394 g/mol. The minimum absolute atomic E-state index is 0.0950. The van der Waals surface area contributed by atoms with Crippen LogP contribution in [0, 0.1) is 12.8 Å². The molecule has 1 aromatic heterocycles. The van der Waals surface area contributed by atoms with Gasteiger partial charge in [-0.15, -0.1) is 0 Å². The van der Waals surface area contributed by atoms with Gasteiger partial charge in [-0.1, -0.05) is 43.7 Å². The number of benzene rings is 1. The molecule has 1 aromatic carbocycles. The summed E-state index contributed by atoms with van der Waals surface area (Å²) < 4.78 is 0. The molecule has 1 saturated carbocycles. The molecule has 1 N–H and O–H groups in total. The van der Waals surface area contributed by atoms with E-state index < -0.39 is 0 Å². The zero-order chi connectivity index (χ0) is 22.9. The highest BCUT2D eigenvalue weighted by atomic mass is 15.3. The van der Waals surface area contributed by atoms with E-state index in [0.717, 1.165) is 29.6 Å². The fourth-order valence-electron chi connectivity index (χ4n) is 4.89. The highest BCUT2D eigenvalue weighted by molar-refractivity contribution is 6.04. The maximum Gasteiger partial charge on any atom is 0.115 e. The second kappa shape index (κ2) is 12.1. The largest absolute Gasteiger partial charge is 0.310 e. The molecule has 3 rings (SSSR count). The standard InChI is InChI=1S/C27H41N5/c1-6-17-32(20(2)3)25-13-9-23(10-14-25)18-30-31-27(24-11-7-21(4)8-12-24)22(5)26-15-16-28-19-29-26/h7-8,11-12,15-16,19-20,22-23,25,30H,6,9-10,13-14,17-18H2,1-5H3/b31-27+. The van der Waals surface area contributed by atoms with Crippen LogP contribution in [0.5, 0.6) is 0 Å². The summed E-state index contributed by atoms with van der Waals surface area (Å²) in [4.78, 5) is 11.2. The van der Waals surface area contributed by atoms with Crippen molar-refractivity contribution in [1.82, 2.24) is 20.3 Å². The number of hydrogen-bond acceptors (Lipinski definition) is 5. The fraction of sp³-hybridized carbons (Fsp3) is 0.593. The van der Waals surface area contributed by atoms with Crippen molar-refractivity contribution in [1.29, 1.82) is 0 Å². The third-order valence-corrected chi connectivity index (χ3v) is 6.82. The smallest absolute Gasteiger partial charge is 0.115 e. The quantitative estimate of drug-likeness (QED) is 0.392. The Balaban J connectivity index is 1.63. The normalized spacial score (nSPS) is 20.5. The summed E-state index contributed by atoms with van der Waals surface area (Å²) in [5.74, 6) is 0.789. The van der Waals surface area contributed by atoms with Crippen LogP contribution in [0.15, 0.2) is 48.0 Å². The molecular formula is C27H41N5. The van der Waals surface area contributed by atoms with E-state index in [1.165, 1.54) is 44.2 Å². The van der Waals surface area contributed by atoms with Crippen molar-refractivity contribution in [2.45, 2.75) is 84.7 Å². The van der Waals surface area contributed by atoms with Gasteiger partial charge in [0, 0.05) is 30.7 Å². The minimum Gasteiger partial charge on any atom is -0.310 e. The Hall–Kier alpha value is -2.27. The molecule has 1 heterocycles. The fourth-order valence-corrected chi connectivity index (χ4v) is 4.89. The van der Waals surface area contributed by atoms with Crippen molar-refractivity contribution in [3.8, 4) is 0 Å². The van der Waals surface area contributed by atoms with Crippen LogP contribution in [-0.2, 0) is 0 Å². The first-order valence-corrected chi connectivity index (χ1v) is 12.4. The lowest BCUT2D eigenvalue weighted by molar-refractivity contribution is 0.105. The summed E-state index contributed by atoms with van der Waals surface area (Å²) in [5, 5.41) is 4.90. The Morgan fingerprint density at radius 3 is 2.41 bits per heavy atom. The lowest BCUT2D eigenvalue weighted by atomic mass is 9.85. The van der Waals surface area contributed by atoms with E-state index in [-0.39, 0.29) is 5.92 Å². The second-order valence-corrected chi connectivity index (χ2v) is 9.59. The van der Waals surface area contributed by atoms with Crippen LogP contribution in [0.4, 0.5) is 0 Å². The van der Waals surface area contributed by atoms with Gasteiger partial charge in [-0.3, -0.25) is 4.90 Å². The van der Waals surface area contributed by atoms with Crippen LogP contribution in [0.25, 0.3) is 0 Å². The molecule has 1 aliphatic carbocycles. The van der Waals surface area contributed by atoms with Crippen LogP contribution in [-0.4, -0.2) is 45.8 Å². The molecule has 1 fully saturated rings. The van der Waals surface area contributed by atoms with Crippen molar-refractivity contribution in [3.63, 3.8) is 0 Å². The first-order chi connectivity index (χ1) is 15.5. The molecule has 2 aromatic rings. The van der Waals surface area contributed by atoms with Crippen LogP contribution in [0.1, 0.15) is 82.5 Å². The molecule has 5 nitrogen and oxygen atoms in total. The lowest BCUT2D eigenvalue weighted by Gasteiger charge is -2.39. The predicted molar refractivity (Wildman–Crippen MR) is 134 cm³/mol. The van der Waals surface area contributed by atoms with Gasteiger partial charge in [0.05, 0.1) is 11.4 Å². The Kier molecular flexibility index (Phi) is 9.22. The van der Waals surface area contributed by atoms with Crippen LogP contribution >= 0.6 is 0 Å². The van der Waals surface area contributed by atoms with Gasteiger partial charge in [0.25, 0.3) is 0 Å². The molecule has 0 saturated heterocycles. The number of nitrogens with one attached hydrogen (secondary N) is 1. The molecule has 1 aliphatic rings. The maximum absolute atomic E-state index is 4.90. The molecule has 174 valence electrons. The highest BCUT2D eigenvalue weighted by Crippen LogP contribution is 2.28. The maximum atomic E-state index is 4.90. The summed E-state index contributed by atoms with van der Waals surface area (Å²) in [7, 11) is 0. The van der Waals surface area contributed by atoms with E-state index in [1.54, 1.807) is 12.5 Å². The molecule has 0 aliphatic heterocycles. The Morgan fingerprint density at radius 1 is 1.09 bits per heavy atom. The van der Waals surface area contributed by atoms with E-state index in [2.05, 4.69) is 79.2 Å². The highest BCUT2D eigenvalue weighted by Gasteiger charge is 2.27. The van der Waals surface area contributed by atoms with Crippen LogP contribution in [0.2, 0.25) is 0 Å². The zero-order valence-corrected chi connectivity index (χ0v) is 20.6. The zero-order valence-electron chi connectivity index (χ0n) is 20.6. The van der Waals surface area contributed by atoms with Crippen molar-refractivity contribution in [3.05, 3.63) is 59.7 Å². The Morgan fingerprint density at radius 2 is 1.81 bits per heavy atom. The van der Waals surface area contributed by atoms with Gasteiger partial charge in [-0.05, 0) is 77.0 Å². The molecule has 1 atom stereocenters. The number of rotatable bonds is 10. The first-order valence-electron chi connectivity index (χ1n) is 12.4. The predicted octanol–water partition coefficient (Wildman–Crippen LogP) is 5.56. The number of nitrogens with zero attached hydrogens (tertiary/aromatic N) is 4.